The summed E-state index contributed by atoms with van der Waals surface area (Å²) in [6.45, 7) is -0.125. The van der Waals surface area contributed by atoms with Gasteiger partial charge in [0.05, 0.1) is 11.5 Å². The maximum atomic E-state index is 10.3. The minimum absolute atomic E-state index is 0.0462. The van der Waals surface area contributed by atoms with Crippen molar-refractivity contribution in [1.29, 1.82) is 0 Å². The lowest BCUT2D eigenvalue weighted by molar-refractivity contribution is -0.385. The van der Waals surface area contributed by atoms with Gasteiger partial charge in [-0.15, -0.1) is 0 Å². The predicted octanol–water partition coefficient (Wildman–Crippen LogP) is 1.01. The molecule has 6 nitrogen and oxygen atoms in total. The molecular weight excluding hydrogens is 212 g/mol. The summed E-state index contributed by atoms with van der Waals surface area (Å²) in [5, 5.41) is 18.8. The smallest absolute Gasteiger partial charge is 0.289 e. The van der Waals surface area contributed by atoms with Crippen LogP contribution in [-0.4, -0.2) is 28.2 Å². The molecule has 1 rings (SSSR count). The van der Waals surface area contributed by atoms with Crippen molar-refractivity contribution < 1.29 is 14.8 Å². The molecule has 0 bridgehead atoms. The molecule has 1 heterocycles. The molecule has 14 heavy (non-hydrogen) atoms. The van der Waals surface area contributed by atoms with Gasteiger partial charge in [0.1, 0.15) is 17.8 Å². The number of aliphatic hydroxyl groups excluding tert-OH is 1. The fourth-order valence-corrected chi connectivity index (χ4v) is 0.979. The number of nitrogens with zero attached hydrogens (tertiary/aromatic N) is 2. The van der Waals surface area contributed by atoms with Crippen LogP contribution in [0.2, 0.25) is 5.02 Å². The molecule has 0 saturated heterocycles. The maximum absolute atomic E-state index is 10.3. The minimum atomic E-state index is -0.602. The van der Waals surface area contributed by atoms with E-state index in [-0.39, 0.29) is 29.8 Å². The van der Waals surface area contributed by atoms with E-state index in [0.29, 0.717) is 0 Å². The molecule has 0 aliphatic carbocycles. The summed E-state index contributed by atoms with van der Waals surface area (Å²) in [6, 6.07) is 1.14. The number of halogens is 1. The second-order valence-corrected chi connectivity index (χ2v) is 2.72. The van der Waals surface area contributed by atoms with Crippen molar-refractivity contribution in [2.75, 3.05) is 13.2 Å². The lowest BCUT2D eigenvalue weighted by Gasteiger charge is -2.03. The quantitative estimate of drug-likeness (QED) is 0.602. The van der Waals surface area contributed by atoms with E-state index >= 15 is 0 Å². The molecule has 0 aromatic carbocycles. The fraction of sp³-hybridized carbons (Fsp3) is 0.286. The van der Waals surface area contributed by atoms with Gasteiger partial charge < -0.3 is 9.84 Å². The van der Waals surface area contributed by atoms with Crippen LogP contribution in [0, 0.1) is 10.1 Å². The van der Waals surface area contributed by atoms with Gasteiger partial charge in [0.15, 0.2) is 0 Å². The summed E-state index contributed by atoms with van der Waals surface area (Å²) >= 11 is 5.64. The summed E-state index contributed by atoms with van der Waals surface area (Å²) in [5.74, 6) is 0.0753. The Morgan fingerprint density at radius 1 is 1.71 bits per heavy atom. The van der Waals surface area contributed by atoms with Gasteiger partial charge in [-0.25, -0.2) is 4.98 Å². The molecule has 1 aromatic heterocycles. The van der Waals surface area contributed by atoms with Crippen LogP contribution in [0.1, 0.15) is 0 Å². The monoisotopic (exact) mass is 218 g/mol. The number of ether oxygens (including phenoxy) is 1. The zero-order chi connectivity index (χ0) is 10.6. The van der Waals surface area contributed by atoms with Gasteiger partial charge in [-0.3, -0.25) is 10.1 Å². The van der Waals surface area contributed by atoms with Crippen LogP contribution in [0.4, 0.5) is 5.69 Å². The third kappa shape index (κ3) is 2.54. The van der Waals surface area contributed by atoms with Crippen molar-refractivity contribution in [3.8, 4) is 5.88 Å². The van der Waals surface area contributed by atoms with Crippen LogP contribution in [0.3, 0.4) is 0 Å². The molecule has 0 radical (unpaired) electrons. The van der Waals surface area contributed by atoms with E-state index in [0.717, 1.165) is 12.3 Å². The minimum Gasteiger partial charge on any atom is -0.474 e. The van der Waals surface area contributed by atoms with Gasteiger partial charge in [-0.2, -0.15) is 0 Å². The van der Waals surface area contributed by atoms with E-state index in [4.69, 9.17) is 21.4 Å². The summed E-state index contributed by atoms with van der Waals surface area (Å²) < 4.78 is 4.91. The van der Waals surface area contributed by atoms with E-state index in [1.54, 1.807) is 0 Å². The number of aliphatic hydroxyl groups is 1. The molecule has 76 valence electrons. The number of rotatable bonds is 4. The lowest BCUT2D eigenvalue weighted by atomic mass is 10.4. The van der Waals surface area contributed by atoms with Crippen LogP contribution in [0.25, 0.3) is 0 Å². The molecule has 1 aromatic rings. The highest BCUT2D eigenvalue weighted by Crippen LogP contribution is 2.25. The number of aromatic nitrogens is 1. The Kier molecular flexibility index (Phi) is 3.61. The van der Waals surface area contributed by atoms with Crippen LogP contribution < -0.4 is 4.74 Å². The third-order valence-electron chi connectivity index (χ3n) is 1.33. The topological polar surface area (TPSA) is 85.5 Å². The Labute approximate surface area is 84.2 Å². The SMILES string of the molecule is O=[N+]([O-])c1cnc(OCCO)c(Cl)c1. The number of hydrogen-bond donors (Lipinski definition) is 1. The first kappa shape index (κ1) is 10.7. The second kappa shape index (κ2) is 4.73. The average Bonchev–Trinajstić information content (AvgIpc) is 2.15. The molecule has 1 N–H and O–H groups in total. The lowest BCUT2D eigenvalue weighted by Crippen LogP contribution is -2.03. The molecule has 0 aliphatic rings. The van der Waals surface area contributed by atoms with Gasteiger partial charge in [0.2, 0.25) is 5.88 Å². The molecule has 0 amide bonds. The normalized spacial score (nSPS) is 9.86. The summed E-state index contributed by atoms with van der Waals surface area (Å²) in [4.78, 5) is 13.3. The Bertz CT molecular complexity index is 344. The zero-order valence-corrected chi connectivity index (χ0v) is 7.77. The Morgan fingerprint density at radius 3 is 2.93 bits per heavy atom. The molecule has 0 unspecified atom stereocenters. The van der Waals surface area contributed by atoms with Gasteiger partial charge in [-0.05, 0) is 0 Å². The Morgan fingerprint density at radius 2 is 2.43 bits per heavy atom. The van der Waals surface area contributed by atoms with Crippen molar-refractivity contribution in [2.24, 2.45) is 0 Å². The van der Waals surface area contributed by atoms with Gasteiger partial charge in [0.25, 0.3) is 5.69 Å². The van der Waals surface area contributed by atoms with Crippen molar-refractivity contribution in [3.63, 3.8) is 0 Å². The molecule has 0 aliphatic heterocycles. The molecule has 0 fully saturated rings. The Balaban J connectivity index is 2.84. The highest BCUT2D eigenvalue weighted by Gasteiger charge is 2.11. The molecular formula is C7H7ClN2O4. The predicted molar refractivity (Wildman–Crippen MR) is 48.5 cm³/mol. The largest absolute Gasteiger partial charge is 0.474 e. The van der Waals surface area contributed by atoms with Crippen LogP contribution >= 0.6 is 11.6 Å². The first-order valence-electron chi connectivity index (χ1n) is 3.68. The number of pyridine rings is 1. The van der Waals surface area contributed by atoms with E-state index < -0.39 is 4.92 Å². The van der Waals surface area contributed by atoms with E-state index in [2.05, 4.69) is 4.98 Å². The summed E-state index contributed by atoms with van der Waals surface area (Å²) in [5.41, 5.74) is -0.202. The van der Waals surface area contributed by atoms with Crippen molar-refractivity contribution >= 4 is 17.3 Å². The third-order valence-corrected chi connectivity index (χ3v) is 1.60. The van der Waals surface area contributed by atoms with Crippen molar-refractivity contribution in [2.45, 2.75) is 0 Å². The summed E-state index contributed by atoms with van der Waals surface area (Å²) in [6.07, 6.45) is 1.04. The van der Waals surface area contributed by atoms with E-state index in [1.165, 1.54) is 0 Å². The molecule has 0 atom stereocenters. The van der Waals surface area contributed by atoms with Crippen LogP contribution in [0.5, 0.6) is 5.88 Å². The van der Waals surface area contributed by atoms with Crippen molar-refractivity contribution in [3.05, 3.63) is 27.4 Å². The van der Waals surface area contributed by atoms with Gasteiger partial charge in [-0.1, -0.05) is 11.6 Å². The zero-order valence-electron chi connectivity index (χ0n) is 7.01. The first-order chi connectivity index (χ1) is 6.65. The standard InChI is InChI=1S/C7H7ClN2O4/c8-6-3-5(10(12)13)4-9-7(6)14-2-1-11/h3-4,11H,1-2H2. The van der Waals surface area contributed by atoms with Crippen LogP contribution in [-0.2, 0) is 0 Å². The number of nitro groups is 1. The second-order valence-electron chi connectivity index (χ2n) is 2.31. The van der Waals surface area contributed by atoms with E-state index in [9.17, 15) is 10.1 Å². The highest BCUT2D eigenvalue weighted by molar-refractivity contribution is 6.32. The van der Waals surface area contributed by atoms with Crippen molar-refractivity contribution in [1.82, 2.24) is 4.98 Å². The van der Waals surface area contributed by atoms with Gasteiger partial charge in [0, 0.05) is 6.07 Å². The molecule has 7 heteroatoms. The average molecular weight is 219 g/mol. The van der Waals surface area contributed by atoms with Crippen LogP contribution in [0.15, 0.2) is 12.3 Å². The maximum Gasteiger partial charge on any atom is 0.289 e. The Hall–Kier alpha value is -1.40. The molecule has 0 spiro atoms. The first-order valence-corrected chi connectivity index (χ1v) is 4.06. The van der Waals surface area contributed by atoms with E-state index in [1.807, 2.05) is 0 Å². The fourth-order valence-electron chi connectivity index (χ4n) is 0.764. The number of hydrogen-bond acceptors (Lipinski definition) is 5. The molecule has 0 saturated carbocycles. The van der Waals surface area contributed by atoms with Gasteiger partial charge >= 0.3 is 0 Å². The highest BCUT2D eigenvalue weighted by atomic mass is 35.5. The summed E-state index contributed by atoms with van der Waals surface area (Å²) in [7, 11) is 0.